The Bertz CT molecular complexity index is 507. The Morgan fingerprint density at radius 2 is 1.70 bits per heavy atom. The highest BCUT2D eigenvalue weighted by atomic mass is 32.1. The molecule has 1 heterocycles. The minimum absolute atomic E-state index is 0.616. The summed E-state index contributed by atoms with van der Waals surface area (Å²) in [6.45, 7) is 4.80. The molecule has 1 N–H and O–H groups in total. The lowest BCUT2D eigenvalue weighted by Gasteiger charge is -2.05. The number of methoxy groups -OCH3 is 1. The van der Waals surface area contributed by atoms with E-state index in [9.17, 15) is 0 Å². The molecule has 4 heteroatoms. The molecule has 108 valence electrons. The Hall–Kier alpha value is -1.52. The molecule has 3 nitrogen and oxygen atoms in total. The van der Waals surface area contributed by atoms with E-state index in [2.05, 4.69) is 24.4 Å². The first-order valence-electron chi connectivity index (χ1n) is 6.87. The highest BCUT2D eigenvalue weighted by Crippen LogP contribution is 2.21. The van der Waals surface area contributed by atoms with Gasteiger partial charge < -0.3 is 14.8 Å². The maximum atomic E-state index is 5.76. The molecule has 0 fully saturated rings. The molecule has 0 atom stereocenters. The highest BCUT2D eigenvalue weighted by Gasteiger charge is 2.01. The molecule has 0 aliphatic rings. The molecule has 0 radical (unpaired) electrons. The first-order valence-corrected chi connectivity index (χ1v) is 7.68. The van der Waals surface area contributed by atoms with Crippen molar-refractivity contribution in [3.05, 3.63) is 46.2 Å². The maximum absolute atomic E-state index is 5.76. The molecule has 2 aromatic rings. The molecule has 2 rings (SSSR count). The average molecular weight is 291 g/mol. The number of hydrogen-bond acceptors (Lipinski definition) is 4. The fourth-order valence-corrected chi connectivity index (χ4v) is 2.71. The summed E-state index contributed by atoms with van der Waals surface area (Å²) < 4.78 is 10.9. The SMILES string of the molecule is CCCNCc1ccc(COc2ccc(OC)cc2)s1. The van der Waals surface area contributed by atoms with E-state index >= 15 is 0 Å². The van der Waals surface area contributed by atoms with Gasteiger partial charge in [0.2, 0.25) is 0 Å². The molecular weight excluding hydrogens is 270 g/mol. The van der Waals surface area contributed by atoms with E-state index in [1.807, 2.05) is 24.3 Å². The maximum Gasteiger partial charge on any atom is 0.122 e. The zero-order chi connectivity index (χ0) is 14.2. The zero-order valence-corrected chi connectivity index (χ0v) is 12.8. The van der Waals surface area contributed by atoms with Gasteiger partial charge in [0, 0.05) is 16.3 Å². The molecular formula is C16H21NO2S. The number of nitrogens with one attached hydrogen (secondary N) is 1. The lowest BCUT2D eigenvalue weighted by atomic mass is 10.3. The average Bonchev–Trinajstić information content (AvgIpc) is 2.94. The van der Waals surface area contributed by atoms with Crippen LogP contribution in [0.4, 0.5) is 0 Å². The van der Waals surface area contributed by atoms with Crippen molar-refractivity contribution in [1.82, 2.24) is 5.32 Å². The molecule has 0 amide bonds. The van der Waals surface area contributed by atoms with Crippen LogP contribution in [0.1, 0.15) is 23.1 Å². The van der Waals surface area contributed by atoms with E-state index in [-0.39, 0.29) is 0 Å². The minimum atomic E-state index is 0.616. The van der Waals surface area contributed by atoms with E-state index in [0.717, 1.165) is 24.6 Å². The van der Waals surface area contributed by atoms with Gasteiger partial charge in [0.15, 0.2) is 0 Å². The fraction of sp³-hybridized carbons (Fsp3) is 0.375. The summed E-state index contributed by atoms with van der Waals surface area (Å²) in [7, 11) is 1.66. The minimum Gasteiger partial charge on any atom is -0.497 e. The van der Waals surface area contributed by atoms with Gasteiger partial charge in [-0.15, -0.1) is 11.3 Å². The standard InChI is InChI=1S/C16H21NO2S/c1-3-10-17-11-15-8-9-16(20-15)12-19-14-6-4-13(18-2)5-7-14/h4-9,17H,3,10-12H2,1-2H3. The number of hydrogen-bond donors (Lipinski definition) is 1. The van der Waals surface area contributed by atoms with E-state index in [1.165, 1.54) is 16.2 Å². The third kappa shape index (κ3) is 4.54. The second-order valence-electron chi connectivity index (χ2n) is 4.51. The van der Waals surface area contributed by atoms with Crippen LogP contribution >= 0.6 is 11.3 Å². The van der Waals surface area contributed by atoms with Gasteiger partial charge in [-0.1, -0.05) is 6.92 Å². The first kappa shape index (κ1) is 14.9. The van der Waals surface area contributed by atoms with Gasteiger partial charge in [-0.2, -0.15) is 0 Å². The zero-order valence-electron chi connectivity index (χ0n) is 12.0. The van der Waals surface area contributed by atoms with Crippen LogP contribution in [-0.4, -0.2) is 13.7 Å². The fourth-order valence-electron chi connectivity index (χ4n) is 1.81. The van der Waals surface area contributed by atoms with E-state index in [0.29, 0.717) is 6.61 Å². The topological polar surface area (TPSA) is 30.5 Å². The Morgan fingerprint density at radius 3 is 2.40 bits per heavy atom. The van der Waals surface area contributed by atoms with Crippen molar-refractivity contribution in [2.75, 3.05) is 13.7 Å². The molecule has 0 unspecified atom stereocenters. The second kappa shape index (κ2) is 7.92. The molecule has 0 aliphatic heterocycles. The Labute approximate surface area is 124 Å². The highest BCUT2D eigenvalue weighted by molar-refractivity contribution is 7.11. The van der Waals surface area contributed by atoms with Crippen molar-refractivity contribution in [3.63, 3.8) is 0 Å². The van der Waals surface area contributed by atoms with Gasteiger partial charge in [0.1, 0.15) is 18.1 Å². The summed E-state index contributed by atoms with van der Waals surface area (Å²) in [5, 5.41) is 3.41. The van der Waals surface area contributed by atoms with Crippen molar-refractivity contribution in [3.8, 4) is 11.5 Å². The number of thiophene rings is 1. The van der Waals surface area contributed by atoms with Crippen molar-refractivity contribution in [1.29, 1.82) is 0 Å². The van der Waals surface area contributed by atoms with E-state index in [4.69, 9.17) is 9.47 Å². The molecule has 0 aliphatic carbocycles. The van der Waals surface area contributed by atoms with Gasteiger partial charge in [-0.3, -0.25) is 0 Å². The summed E-state index contributed by atoms with van der Waals surface area (Å²) in [5.74, 6) is 1.71. The van der Waals surface area contributed by atoms with Crippen LogP contribution in [0.25, 0.3) is 0 Å². The number of rotatable bonds is 8. The lowest BCUT2D eigenvalue weighted by Crippen LogP contribution is -2.12. The first-order chi connectivity index (χ1) is 9.81. The van der Waals surface area contributed by atoms with E-state index in [1.54, 1.807) is 18.4 Å². The van der Waals surface area contributed by atoms with Crippen LogP contribution in [-0.2, 0) is 13.2 Å². The van der Waals surface area contributed by atoms with Gasteiger partial charge in [-0.05, 0) is 49.4 Å². The van der Waals surface area contributed by atoms with Crippen molar-refractivity contribution in [2.24, 2.45) is 0 Å². The summed E-state index contributed by atoms with van der Waals surface area (Å²) >= 11 is 1.80. The van der Waals surface area contributed by atoms with Crippen LogP contribution in [0.2, 0.25) is 0 Å². The molecule has 0 saturated heterocycles. The quantitative estimate of drug-likeness (QED) is 0.750. The predicted octanol–water partition coefficient (Wildman–Crippen LogP) is 3.84. The van der Waals surface area contributed by atoms with Crippen LogP contribution in [0.3, 0.4) is 0 Å². The van der Waals surface area contributed by atoms with Gasteiger partial charge in [-0.25, -0.2) is 0 Å². The van der Waals surface area contributed by atoms with Crippen molar-refractivity contribution >= 4 is 11.3 Å². The van der Waals surface area contributed by atoms with Crippen LogP contribution < -0.4 is 14.8 Å². The van der Waals surface area contributed by atoms with Crippen molar-refractivity contribution < 1.29 is 9.47 Å². The van der Waals surface area contributed by atoms with Gasteiger partial charge in [0.25, 0.3) is 0 Å². The van der Waals surface area contributed by atoms with Crippen molar-refractivity contribution in [2.45, 2.75) is 26.5 Å². The smallest absolute Gasteiger partial charge is 0.122 e. The third-order valence-electron chi connectivity index (χ3n) is 2.88. The summed E-state index contributed by atoms with van der Waals surface area (Å²) in [6, 6.07) is 12.0. The molecule has 0 saturated carbocycles. The summed E-state index contributed by atoms with van der Waals surface area (Å²) in [6.07, 6.45) is 1.17. The summed E-state index contributed by atoms with van der Waals surface area (Å²) in [4.78, 5) is 2.60. The van der Waals surface area contributed by atoms with Gasteiger partial charge >= 0.3 is 0 Å². The van der Waals surface area contributed by atoms with Crippen LogP contribution in [0.5, 0.6) is 11.5 Å². The second-order valence-corrected chi connectivity index (χ2v) is 5.76. The van der Waals surface area contributed by atoms with Crippen LogP contribution in [0, 0.1) is 0 Å². The summed E-state index contributed by atoms with van der Waals surface area (Å²) in [5.41, 5.74) is 0. The van der Waals surface area contributed by atoms with E-state index < -0.39 is 0 Å². The largest absolute Gasteiger partial charge is 0.497 e. The third-order valence-corrected chi connectivity index (χ3v) is 3.94. The Balaban J connectivity index is 1.81. The molecule has 20 heavy (non-hydrogen) atoms. The molecule has 0 bridgehead atoms. The van der Waals surface area contributed by atoms with Gasteiger partial charge in [0.05, 0.1) is 7.11 Å². The number of ether oxygens (including phenoxy) is 2. The Kier molecular flexibility index (Phi) is 5.89. The van der Waals surface area contributed by atoms with Crippen LogP contribution in [0.15, 0.2) is 36.4 Å². The predicted molar refractivity (Wildman–Crippen MR) is 83.6 cm³/mol. The lowest BCUT2D eigenvalue weighted by molar-refractivity contribution is 0.309. The molecule has 0 spiro atoms. The Morgan fingerprint density at radius 1 is 1.00 bits per heavy atom. The normalized spacial score (nSPS) is 10.5. The molecule has 1 aromatic carbocycles. The number of benzene rings is 1. The molecule has 1 aromatic heterocycles. The monoisotopic (exact) mass is 291 g/mol.